The highest BCUT2D eigenvalue weighted by Crippen LogP contribution is 2.25. The van der Waals surface area contributed by atoms with Gasteiger partial charge in [0.25, 0.3) is 0 Å². The molecule has 0 aliphatic heterocycles. The first-order valence-electron chi connectivity index (χ1n) is 3.04. The summed E-state index contributed by atoms with van der Waals surface area (Å²) in [6.07, 6.45) is 1.41. The van der Waals surface area contributed by atoms with Crippen molar-refractivity contribution >= 4 is 33.2 Å². The van der Waals surface area contributed by atoms with Crippen LogP contribution in [0.25, 0.3) is 10.2 Å². The Labute approximate surface area is 72.2 Å². The zero-order chi connectivity index (χ0) is 7.84. The van der Waals surface area contributed by atoms with E-state index in [2.05, 4.69) is 0 Å². The van der Waals surface area contributed by atoms with Crippen molar-refractivity contribution in [2.24, 2.45) is 0 Å². The lowest BCUT2D eigenvalue weighted by molar-refractivity contribution is -0.576. The second-order valence-corrected chi connectivity index (χ2v) is 3.45. The summed E-state index contributed by atoms with van der Waals surface area (Å²) in [5.41, 5.74) is 0.641. The Morgan fingerprint density at radius 3 is 3.00 bits per heavy atom. The standard InChI is InChI=1S/C7H4ClNOS/c8-5-1-3-9(10)6-2-4-11-7(5)6/h1-4H. The summed E-state index contributed by atoms with van der Waals surface area (Å²) in [6.45, 7) is 0. The fourth-order valence-corrected chi connectivity index (χ4v) is 2.02. The number of halogens is 1. The smallest absolute Gasteiger partial charge is 0.236 e. The van der Waals surface area contributed by atoms with Crippen molar-refractivity contribution in [3.8, 4) is 0 Å². The third kappa shape index (κ3) is 0.968. The zero-order valence-corrected chi connectivity index (χ0v) is 7.02. The summed E-state index contributed by atoms with van der Waals surface area (Å²) in [4.78, 5) is 0. The molecule has 0 spiro atoms. The van der Waals surface area contributed by atoms with Crippen molar-refractivity contribution in [1.29, 1.82) is 0 Å². The average Bonchev–Trinajstić information content (AvgIpc) is 2.45. The van der Waals surface area contributed by atoms with Crippen molar-refractivity contribution in [2.75, 3.05) is 0 Å². The van der Waals surface area contributed by atoms with E-state index >= 15 is 0 Å². The molecule has 2 aromatic rings. The molecule has 0 N–H and O–H groups in total. The molecule has 2 heterocycles. The van der Waals surface area contributed by atoms with Gasteiger partial charge in [-0.1, -0.05) is 11.6 Å². The third-order valence-electron chi connectivity index (χ3n) is 1.46. The largest absolute Gasteiger partial charge is 0.618 e. The minimum Gasteiger partial charge on any atom is -0.618 e. The number of hydrogen-bond donors (Lipinski definition) is 0. The molecule has 11 heavy (non-hydrogen) atoms. The first-order valence-corrected chi connectivity index (χ1v) is 4.29. The summed E-state index contributed by atoms with van der Waals surface area (Å²) in [7, 11) is 0. The Morgan fingerprint density at radius 2 is 2.27 bits per heavy atom. The van der Waals surface area contributed by atoms with E-state index in [4.69, 9.17) is 11.6 Å². The van der Waals surface area contributed by atoms with Gasteiger partial charge in [0.2, 0.25) is 5.52 Å². The van der Waals surface area contributed by atoms with Crippen LogP contribution in [0.5, 0.6) is 0 Å². The monoisotopic (exact) mass is 185 g/mol. The number of thiophene rings is 1. The molecule has 0 bridgehead atoms. The topological polar surface area (TPSA) is 26.9 Å². The first kappa shape index (κ1) is 6.88. The van der Waals surface area contributed by atoms with Crippen LogP contribution < -0.4 is 4.73 Å². The first-order chi connectivity index (χ1) is 5.29. The van der Waals surface area contributed by atoms with Gasteiger partial charge in [-0.2, -0.15) is 4.73 Å². The molecule has 2 rings (SSSR count). The van der Waals surface area contributed by atoms with E-state index in [1.54, 1.807) is 12.1 Å². The Kier molecular flexibility index (Phi) is 1.47. The summed E-state index contributed by atoms with van der Waals surface area (Å²) >= 11 is 7.30. The van der Waals surface area contributed by atoms with Crippen LogP contribution in [-0.2, 0) is 0 Å². The van der Waals surface area contributed by atoms with E-state index < -0.39 is 0 Å². The average molecular weight is 186 g/mol. The summed E-state index contributed by atoms with van der Waals surface area (Å²) in [6, 6.07) is 3.37. The fraction of sp³-hybridized carbons (Fsp3) is 0. The zero-order valence-electron chi connectivity index (χ0n) is 5.45. The molecule has 0 aromatic carbocycles. The predicted octanol–water partition coefficient (Wildman–Crippen LogP) is 2.19. The van der Waals surface area contributed by atoms with Gasteiger partial charge in [0.05, 0.1) is 5.02 Å². The maximum absolute atomic E-state index is 11.1. The molecular weight excluding hydrogens is 182 g/mol. The highest BCUT2D eigenvalue weighted by atomic mass is 35.5. The van der Waals surface area contributed by atoms with Crippen LogP contribution in [0.15, 0.2) is 23.7 Å². The van der Waals surface area contributed by atoms with Gasteiger partial charge in [0, 0.05) is 12.1 Å². The van der Waals surface area contributed by atoms with Crippen molar-refractivity contribution in [2.45, 2.75) is 0 Å². The number of fused-ring (bicyclic) bond motifs is 1. The van der Waals surface area contributed by atoms with Crippen LogP contribution in [0, 0.1) is 5.21 Å². The van der Waals surface area contributed by atoms with Crippen LogP contribution in [0.4, 0.5) is 0 Å². The maximum atomic E-state index is 11.1. The van der Waals surface area contributed by atoms with Crippen molar-refractivity contribution < 1.29 is 4.73 Å². The van der Waals surface area contributed by atoms with Crippen molar-refractivity contribution in [3.63, 3.8) is 0 Å². The summed E-state index contributed by atoms with van der Waals surface area (Å²) in [5, 5.41) is 13.5. The quantitative estimate of drug-likeness (QED) is 0.457. The summed E-state index contributed by atoms with van der Waals surface area (Å²) in [5.74, 6) is 0. The fourth-order valence-electron chi connectivity index (χ4n) is 0.944. The van der Waals surface area contributed by atoms with E-state index in [-0.39, 0.29) is 0 Å². The number of aromatic nitrogens is 1. The molecule has 2 nitrogen and oxygen atoms in total. The van der Waals surface area contributed by atoms with Gasteiger partial charge < -0.3 is 5.21 Å². The lowest BCUT2D eigenvalue weighted by atomic mass is 10.4. The van der Waals surface area contributed by atoms with Gasteiger partial charge in [-0.05, 0) is 5.38 Å². The Morgan fingerprint density at radius 1 is 1.45 bits per heavy atom. The maximum Gasteiger partial charge on any atom is 0.236 e. The van der Waals surface area contributed by atoms with Crippen LogP contribution in [0.3, 0.4) is 0 Å². The Hall–Kier alpha value is -0.800. The molecule has 0 aliphatic carbocycles. The van der Waals surface area contributed by atoms with E-state index in [9.17, 15) is 5.21 Å². The van der Waals surface area contributed by atoms with Gasteiger partial charge in [0.1, 0.15) is 4.70 Å². The molecule has 2 aromatic heterocycles. The lowest BCUT2D eigenvalue weighted by Crippen LogP contribution is -2.24. The highest BCUT2D eigenvalue weighted by Gasteiger charge is 2.07. The Bertz CT molecular complexity index is 362. The van der Waals surface area contributed by atoms with Crippen molar-refractivity contribution in [3.05, 3.63) is 33.9 Å². The molecule has 0 amide bonds. The molecule has 0 aliphatic rings. The molecule has 0 unspecified atom stereocenters. The number of rotatable bonds is 0. The number of nitrogens with zero attached hydrogens (tertiary/aromatic N) is 1. The van der Waals surface area contributed by atoms with Crippen LogP contribution in [0.2, 0.25) is 5.02 Å². The molecule has 0 saturated carbocycles. The number of hydrogen-bond acceptors (Lipinski definition) is 2. The normalized spacial score (nSPS) is 10.6. The molecule has 0 saturated heterocycles. The van der Waals surface area contributed by atoms with Crippen LogP contribution in [0.1, 0.15) is 0 Å². The van der Waals surface area contributed by atoms with E-state index in [1.165, 1.54) is 17.5 Å². The van der Waals surface area contributed by atoms with Crippen LogP contribution >= 0.6 is 22.9 Å². The SMILES string of the molecule is [O-][n+]1ccc(Cl)c2sccc21. The van der Waals surface area contributed by atoms with Crippen molar-refractivity contribution in [1.82, 2.24) is 0 Å². The highest BCUT2D eigenvalue weighted by molar-refractivity contribution is 7.17. The van der Waals surface area contributed by atoms with E-state index in [0.29, 0.717) is 10.5 Å². The molecule has 0 atom stereocenters. The molecule has 0 radical (unpaired) electrons. The van der Waals surface area contributed by atoms with Gasteiger partial charge in [-0.15, -0.1) is 11.3 Å². The summed E-state index contributed by atoms with van der Waals surface area (Å²) < 4.78 is 1.67. The van der Waals surface area contributed by atoms with E-state index in [0.717, 1.165) is 9.43 Å². The molecular formula is C7H4ClNOS. The predicted molar refractivity (Wildman–Crippen MR) is 45.8 cm³/mol. The minimum absolute atomic E-state index is 0.641. The Balaban J connectivity index is 2.96. The van der Waals surface area contributed by atoms with Gasteiger partial charge in [0.15, 0.2) is 6.20 Å². The van der Waals surface area contributed by atoms with Gasteiger partial charge >= 0.3 is 0 Å². The molecule has 4 heteroatoms. The van der Waals surface area contributed by atoms with E-state index in [1.807, 2.05) is 5.38 Å². The van der Waals surface area contributed by atoms with Gasteiger partial charge in [-0.25, -0.2) is 0 Å². The third-order valence-corrected chi connectivity index (χ3v) is 2.82. The lowest BCUT2D eigenvalue weighted by Gasteiger charge is -1.96. The van der Waals surface area contributed by atoms with Gasteiger partial charge in [-0.3, -0.25) is 0 Å². The molecule has 0 fully saturated rings. The molecule has 56 valence electrons. The second kappa shape index (κ2) is 2.36. The number of pyridine rings is 1. The minimum atomic E-state index is 0.641. The van der Waals surface area contributed by atoms with Crippen LogP contribution in [-0.4, -0.2) is 0 Å². The second-order valence-electron chi connectivity index (χ2n) is 2.12.